The number of esters is 1. The Kier molecular flexibility index (Phi) is 4.81. The Morgan fingerprint density at radius 2 is 2.14 bits per heavy atom. The van der Waals surface area contributed by atoms with Gasteiger partial charge in [-0.3, -0.25) is 0 Å². The molecule has 2 aromatic rings. The molecule has 1 aliphatic heterocycles. The second-order valence-electron chi connectivity index (χ2n) is 5.31. The largest absolute Gasteiger partial charge is 0.460 e. The molecule has 1 aromatic carbocycles. The van der Waals surface area contributed by atoms with Crippen LogP contribution in [0.2, 0.25) is 0 Å². The first-order valence-corrected chi connectivity index (χ1v) is 8.27. The molecule has 1 saturated heterocycles. The maximum atomic E-state index is 12.2. The molecular weight excluding hydrogens is 350 g/mol. The van der Waals surface area contributed by atoms with Crippen LogP contribution in [0, 0.1) is 0 Å². The number of carbonyl (C=O) groups excluding carboxylic acids is 1. The molecule has 0 atom stereocenters. The van der Waals surface area contributed by atoms with Crippen molar-refractivity contribution in [1.29, 1.82) is 0 Å². The zero-order valence-electron chi connectivity index (χ0n) is 12.5. The zero-order chi connectivity index (χ0) is 15.5. The fraction of sp³-hybridized carbons (Fsp3) is 0.438. The average molecular weight is 369 g/mol. The van der Waals surface area contributed by atoms with E-state index >= 15 is 0 Å². The first-order valence-electron chi connectivity index (χ1n) is 7.48. The molecule has 0 saturated carbocycles. The van der Waals surface area contributed by atoms with Crippen molar-refractivity contribution in [3.05, 3.63) is 34.0 Å². The topological polar surface area (TPSA) is 53.1 Å². The van der Waals surface area contributed by atoms with Crippen LogP contribution in [0.4, 0.5) is 0 Å². The highest BCUT2D eigenvalue weighted by atomic mass is 79.9. The maximum Gasteiger partial charge on any atom is 0.374 e. The van der Waals surface area contributed by atoms with E-state index < -0.39 is 5.97 Å². The van der Waals surface area contributed by atoms with E-state index in [1.165, 1.54) is 4.90 Å². The summed E-state index contributed by atoms with van der Waals surface area (Å²) in [5.41, 5.74) is 1.64. The second kappa shape index (κ2) is 6.81. The number of ether oxygens (including phenoxy) is 2. The molecule has 22 heavy (non-hydrogen) atoms. The molecule has 3 rings (SSSR count). The summed E-state index contributed by atoms with van der Waals surface area (Å²) in [6, 6.07) is 5.78. The second-order valence-corrected chi connectivity index (χ2v) is 6.23. The van der Waals surface area contributed by atoms with Crippen LogP contribution in [0.15, 0.2) is 27.1 Å². The molecule has 0 spiro atoms. The minimum atomic E-state index is -0.391. The average Bonchev–Trinajstić information content (AvgIpc) is 2.87. The molecule has 0 aliphatic carbocycles. The van der Waals surface area contributed by atoms with E-state index in [-0.39, 0.29) is 0 Å². The lowest BCUT2D eigenvalue weighted by Gasteiger charge is -2.23. The molecule has 1 aromatic heterocycles. The van der Waals surface area contributed by atoms with Crippen LogP contribution in [-0.2, 0) is 16.0 Å². The Morgan fingerprint density at radius 1 is 1.36 bits per heavy atom. The Hall–Kier alpha value is -1.37. The summed E-state index contributed by atoms with van der Waals surface area (Å²) in [6.07, 6.45) is 0. The number of hydrogen-bond donors (Lipinski definition) is 1. The highest BCUT2D eigenvalue weighted by Gasteiger charge is 2.26. The van der Waals surface area contributed by atoms with Crippen molar-refractivity contribution in [3.63, 3.8) is 0 Å². The SMILES string of the molecule is CCOC(=O)c1oc2ccc(Br)cc2c1C[NH+]1CCOCC1. The molecule has 2 heterocycles. The van der Waals surface area contributed by atoms with E-state index in [1.807, 2.05) is 18.2 Å². The monoisotopic (exact) mass is 368 g/mol. The van der Waals surface area contributed by atoms with Gasteiger partial charge in [-0.1, -0.05) is 15.9 Å². The number of hydrogen-bond acceptors (Lipinski definition) is 4. The van der Waals surface area contributed by atoms with Crippen molar-refractivity contribution in [2.24, 2.45) is 0 Å². The third-order valence-electron chi connectivity index (χ3n) is 3.84. The molecule has 0 radical (unpaired) electrons. The number of furan rings is 1. The van der Waals surface area contributed by atoms with E-state index in [2.05, 4.69) is 15.9 Å². The summed E-state index contributed by atoms with van der Waals surface area (Å²) in [7, 11) is 0. The Labute approximate surface area is 137 Å². The van der Waals surface area contributed by atoms with Crippen LogP contribution in [-0.4, -0.2) is 38.9 Å². The Balaban J connectivity index is 2.00. The summed E-state index contributed by atoms with van der Waals surface area (Å²) in [5.74, 6) is -0.0635. The minimum absolute atomic E-state index is 0.328. The van der Waals surface area contributed by atoms with Gasteiger partial charge in [0.2, 0.25) is 5.76 Å². The first-order chi connectivity index (χ1) is 10.7. The normalized spacial score (nSPS) is 16.1. The molecule has 118 valence electrons. The van der Waals surface area contributed by atoms with Crippen molar-refractivity contribution in [3.8, 4) is 0 Å². The van der Waals surface area contributed by atoms with Gasteiger partial charge in [-0.25, -0.2) is 4.79 Å². The highest BCUT2D eigenvalue weighted by molar-refractivity contribution is 9.10. The number of quaternary nitrogens is 1. The lowest BCUT2D eigenvalue weighted by Crippen LogP contribution is -3.12. The third-order valence-corrected chi connectivity index (χ3v) is 4.33. The van der Waals surface area contributed by atoms with Crippen molar-refractivity contribution in [2.75, 3.05) is 32.9 Å². The number of rotatable bonds is 4. The molecule has 0 unspecified atom stereocenters. The van der Waals surface area contributed by atoms with E-state index in [4.69, 9.17) is 13.9 Å². The van der Waals surface area contributed by atoms with Crippen molar-refractivity contribution in [1.82, 2.24) is 0 Å². The highest BCUT2D eigenvalue weighted by Crippen LogP contribution is 2.29. The van der Waals surface area contributed by atoms with Gasteiger partial charge < -0.3 is 18.8 Å². The summed E-state index contributed by atoms with van der Waals surface area (Å²) in [5, 5.41) is 0.969. The van der Waals surface area contributed by atoms with Crippen molar-refractivity contribution < 1.29 is 23.6 Å². The van der Waals surface area contributed by atoms with Crippen molar-refractivity contribution in [2.45, 2.75) is 13.5 Å². The van der Waals surface area contributed by atoms with Crippen LogP contribution in [0.5, 0.6) is 0 Å². The first kappa shape index (κ1) is 15.5. The molecule has 1 aliphatic rings. The molecule has 1 fully saturated rings. The summed E-state index contributed by atoms with van der Waals surface area (Å²) in [6.45, 7) is 6.24. The number of benzene rings is 1. The van der Waals surface area contributed by atoms with Gasteiger partial charge in [-0.2, -0.15) is 0 Å². The van der Waals surface area contributed by atoms with Crippen LogP contribution < -0.4 is 4.90 Å². The van der Waals surface area contributed by atoms with Gasteiger partial charge in [0, 0.05) is 9.86 Å². The Bertz CT molecular complexity index is 676. The number of halogens is 1. The van der Waals surface area contributed by atoms with Gasteiger partial charge in [0.1, 0.15) is 25.2 Å². The van der Waals surface area contributed by atoms with Crippen LogP contribution in [0.3, 0.4) is 0 Å². The number of morpholine rings is 1. The molecule has 5 nitrogen and oxygen atoms in total. The summed E-state index contributed by atoms with van der Waals surface area (Å²) in [4.78, 5) is 13.6. The predicted octanol–water partition coefficient (Wildman–Crippen LogP) is 1.79. The van der Waals surface area contributed by atoms with Gasteiger partial charge >= 0.3 is 5.97 Å². The predicted molar refractivity (Wildman–Crippen MR) is 85.1 cm³/mol. The fourth-order valence-electron chi connectivity index (χ4n) is 2.74. The van der Waals surface area contributed by atoms with E-state index in [1.54, 1.807) is 6.92 Å². The lowest BCUT2D eigenvalue weighted by atomic mass is 10.1. The van der Waals surface area contributed by atoms with Gasteiger partial charge in [0.05, 0.1) is 25.4 Å². The lowest BCUT2D eigenvalue weighted by molar-refractivity contribution is -0.921. The van der Waals surface area contributed by atoms with E-state index in [9.17, 15) is 4.79 Å². The van der Waals surface area contributed by atoms with E-state index in [0.717, 1.165) is 48.3 Å². The molecular formula is C16H19BrNO4+. The standard InChI is InChI=1S/C16H18BrNO4/c1-2-21-16(19)15-13(10-18-5-7-20-8-6-18)12-9-11(17)3-4-14(12)22-15/h3-4,9H,2,5-8,10H2,1H3/p+1. The van der Waals surface area contributed by atoms with Gasteiger partial charge in [-0.15, -0.1) is 0 Å². The van der Waals surface area contributed by atoms with Crippen LogP contribution in [0.1, 0.15) is 23.0 Å². The van der Waals surface area contributed by atoms with Crippen LogP contribution in [0.25, 0.3) is 11.0 Å². The number of fused-ring (bicyclic) bond motifs is 1. The fourth-order valence-corrected chi connectivity index (χ4v) is 3.11. The summed E-state index contributed by atoms with van der Waals surface area (Å²) < 4.78 is 17.3. The molecule has 0 bridgehead atoms. The maximum absolute atomic E-state index is 12.2. The van der Waals surface area contributed by atoms with Gasteiger partial charge in [0.25, 0.3) is 0 Å². The zero-order valence-corrected chi connectivity index (χ0v) is 14.1. The summed E-state index contributed by atoms with van der Waals surface area (Å²) >= 11 is 3.48. The molecule has 0 amide bonds. The van der Waals surface area contributed by atoms with E-state index in [0.29, 0.717) is 18.0 Å². The van der Waals surface area contributed by atoms with Gasteiger partial charge in [-0.05, 0) is 25.1 Å². The quantitative estimate of drug-likeness (QED) is 0.835. The van der Waals surface area contributed by atoms with Crippen LogP contribution >= 0.6 is 15.9 Å². The van der Waals surface area contributed by atoms with Gasteiger partial charge in [0.15, 0.2) is 0 Å². The smallest absolute Gasteiger partial charge is 0.374 e. The molecule has 1 N–H and O–H groups in total. The third kappa shape index (κ3) is 3.19. The minimum Gasteiger partial charge on any atom is -0.460 e. The van der Waals surface area contributed by atoms with Crippen molar-refractivity contribution >= 4 is 32.9 Å². The number of nitrogens with one attached hydrogen (secondary N) is 1. The Morgan fingerprint density at radius 3 is 2.86 bits per heavy atom. The molecule has 6 heteroatoms. The number of carbonyl (C=O) groups is 1.